The van der Waals surface area contributed by atoms with E-state index in [1.807, 2.05) is 10.3 Å². The van der Waals surface area contributed by atoms with E-state index in [2.05, 4.69) is 16.2 Å². The highest BCUT2D eigenvalue weighted by Crippen LogP contribution is 2.34. The number of carbonyl (C=O) groups is 1. The molecule has 1 amide bonds. The molecular weight excluding hydrogens is 400 g/mol. The van der Waals surface area contributed by atoms with Crippen molar-refractivity contribution in [3.05, 3.63) is 69.7 Å². The zero-order valence-electron chi connectivity index (χ0n) is 14.4. The summed E-state index contributed by atoms with van der Waals surface area (Å²) in [5.41, 5.74) is 2.19. The van der Waals surface area contributed by atoms with Crippen molar-refractivity contribution in [1.29, 1.82) is 0 Å². The van der Waals surface area contributed by atoms with Gasteiger partial charge in [0.25, 0.3) is 15.9 Å². The van der Waals surface area contributed by atoms with E-state index in [1.165, 1.54) is 5.56 Å². The normalized spacial score (nSPS) is 17.2. The first-order valence-electron chi connectivity index (χ1n) is 8.54. The lowest BCUT2D eigenvalue weighted by Gasteiger charge is -2.24. The maximum atomic E-state index is 12.9. The summed E-state index contributed by atoms with van der Waals surface area (Å²) in [6.45, 7) is 0.742. The molecule has 4 rings (SSSR count). The van der Waals surface area contributed by atoms with Crippen LogP contribution in [0.15, 0.2) is 62.8 Å². The molecule has 0 aliphatic carbocycles. The van der Waals surface area contributed by atoms with Gasteiger partial charge < -0.3 is 4.90 Å². The van der Waals surface area contributed by atoms with Crippen LogP contribution < -0.4 is 4.72 Å². The van der Waals surface area contributed by atoms with Crippen LogP contribution in [0.4, 0.5) is 5.69 Å². The van der Waals surface area contributed by atoms with E-state index < -0.39 is 10.0 Å². The van der Waals surface area contributed by atoms with Crippen molar-refractivity contribution in [3.63, 3.8) is 0 Å². The van der Waals surface area contributed by atoms with Gasteiger partial charge in [-0.1, -0.05) is 6.07 Å². The average molecular weight is 419 g/mol. The fraction of sp³-hybridized carbons (Fsp3) is 0.211. The van der Waals surface area contributed by atoms with E-state index in [4.69, 9.17) is 0 Å². The zero-order chi connectivity index (χ0) is 18.9. The molecule has 0 saturated carbocycles. The number of carbonyl (C=O) groups excluding carboxylic acids is 1. The fourth-order valence-electron chi connectivity index (χ4n) is 3.29. The van der Waals surface area contributed by atoms with Gasteiger partial charge in [-0.05, 0) is 70.9 Å². The summed E-state index contributed by atoms with van der Waals surface area (Å²) in [5, 5.41) is 5.85. The van der Waals surface area contributed by atoms with Crippen LogP contribution in [0.25, 0.3) is 0 Å². The Labute approximate surface area is 166 Å². The second-order valence-electron chi connectivity index (χ2n) is 6.33. The second kappa shape index (κ2) is 7.46. The van der Waals surface area contributed by atoms with E-state index in [0.717, 1.165) is 30.7 Å². The average Bonchev–Trinajstić information content (AvgIpc) is 3.43. The molecule has 1 unspecified atom stereocenters. The number of likely N-dealkylation sites (tertiary alicyclic amines) is 1. The molecule has 2 aromatic heterocycles. The lowest BCUT2D eigenvalue weighted by atomic mass is 10.1. The smallest absolute Gasteiger partial charge is 0.271 e. The first-order chi connectivity index (χ1) is 13.0. The minimum atomic E-state index is -3.58. The molecule has 8 heteroatoms. The third-order valence-corrected chi connectivity index (χ3v) is 8.07. The lowest BCUT2D eigenvalue weighted by molar-refractivity contribution is 0.0736. The van der Waals surface area contributed by atoms with Gasteiger partial charge in [0.2, 0.25) is 0 Å². The SMILES string of the molecule is O=C(c1ccc(NS(=O)(=O)c2cccs2)cc1)N1CCCC1c1ccsc1. The van der Waals surface area contributed by atoms with Gasteiger partial charge in [0.15, 0.2) is 0 Å². The molecule has 3 aromatic rings. The predicted molar refractivity (Wildman–Crippen MR) is 109 cm³/mol. The minimum Gasteiger partial charge on any atom is -0.332 e. The Morgan fingerprint density at radius 2 is 1.93 bits per heavy atom. The molecule has 140 valence electrons. The van der Waals surface area contributed by atoms with Gasteiger partial charge in [0.05, 0.1) is 6.04 Å². The van der Waals surface area contributed by atoms with E-state index in [1.54, 1.807) is 53.1 Å². The Morgan fingerprint density at radius 3 is 2.59 bits per heavy atom. The number of amides is 1. The second-order valence-corrected chi connectivity index (χ2v) is 9.97. The number of benzene rings is 1. The molecule has 0 spiro atoms. The molecule has 27 heavy (non-hydrogen) atoms. The van der Waals surface area contributed by atoms with Crippen molar-refractivity contribution in [3.8, 4) is 0 Å². The molecule has 0 radical (unpaired) electrons. The van der Waals surface area contributed by atoms with Crippen LogP contribution >= 0.6 is 22.7 Å². The number of anilines is 1. The van der Waals surface area contributed by atoms with Crippen LogP contribution in [0.2, 0.25) is 0 Å². The van der Waals surface area contributed by atoms with Crippen LogP contribution in [0.1, 0.15) is 34.8 Å². The van der Waals surface area contributed by atoms with Crippen LogP contribution in [0.3, 0.4) is 0 Å². The lowest BCUT2D eigenvalue weighted by Crippen LogP contribution is -2.30. The largest absolute Gasteiger partial charge is 0.332 e. The molecule has 1 fully saturated rings. The van der Waals surface area contributed by atoms with E-state index >= 15 is 0 Å². The van der Waals surface area contributed by atoms with Crippen molar-refractivity contribution < 1.29 is 13.2 Å². The molecule has 5 nitrogen and oxygen atoms in total. The van der Waals surface area contributed by atoms with Gasteiger partial charge >= 0.3 is 0 Å². The summed E-state index contributed by atoms with van der Waals surface area (Å²) in [7, 11) is -3.58. The molecule has 1 aliphatic heterocycles. The number of nitrogens with zero attached hydrogens (tertiary/aromatic N) is 1. The Bertz CT molecular complexity index is 1010. The van der Waals surface area contributed by atoms with Crippen molar-refractivity contribution in [2.24, 2.45) is 0 Å². The fourth-order valence-corrected chi connectivity index (χ4v) is 6.05. The van der Waals surface area contributed by atoms with Gasteiger partial charge in [-0.3, -0.25) is 9.52 Å². The Balaban J connectivity index is 1.50. The highest BCUT2D eigenvalue weighted by Gasteiger charge is 2.30. The van der Waals surface area contributed by atoms with Crippen LogP contribution in [-0.4, -0.2) is 25.8 Å². The topological polar surface area (TPSA) is 66.5 Å². The van der Waals surface area contributed by atoms with Crippen LogP contribution in [-0.2, 0) is 10.0 Å². The number of hydrogen-bond acceptors (Lipinski definition) is 5. The Hall–Kier alpha value is -2.16. The number of nitrogens with one attached hydrogen (secondary N) is 1. The third kappa shape index (κ3) is 3.78. The molecule has 0 bridgehead atoms. The van der Waals surface area contributed by atoms with Gasteiger partial charge in [0, 0.05) is 17.8 Å². The highest BCUT2D eigenvalue weighted by atomic mass is 32.2. The van der Waals surface area contributed by atoms with Crippen LogP contribution in [0.5, 0.6) is 0 Å². The monoisotopic (exact) mass is 418 g/mol. The van der Waals surface area contributed by atoms with E-state index in [-0.39, 0.29) is 16.2 Å². The number of sulfonamides is 1. The maximum Gasteiger partial charge on any atom is 0.271 e. The molecule has 3 heterocycles. The van der Waals surface area contributed by atoms with Gasteiger partial charge in [-0.2, -0.15) is 11.3 Å². The Kier molecular flexibility index (Phi) is 5.03. The zero-order valence-corrected chi connectivity index (χ0v) is 16.8. The van der Waals surface area contributed by atoms with Gasteiger partial charge in [0.1, 0.15) is 4.21 Å². The van der Waals surface area contributed by atoms with Gasteiger partial charge in [-0.25, -0.2) is 8.42 Å². The molecule has 1 aliphatic rings. The first kappa shape index (κ1) is 18.2. The van der Waals surface area contributed by atoms with Gasteiger partial charge in [-0.15, -0.1) is 11.3 Å². The highest BCUT2D eigenvalue weighted by molar-refractivity contribution is 7.94. The summed E-state index contributed by atoms with van der Waals surface area (Å²) in [6.07, 6.45) is 1.96. The van der Waals surface area contributed by atoms with E-state index in [0.29, 0.717) is 11.3 Å². The first-order valence-corrected chi connectivity index (χ1v) is 11.8. The molecular formula is C19H18N2O3S3. The summed E-state index contributed by atoms with van der Waals surface area (Å²) >= 11 is 2.80. The van der Waals surface area contributed by atoms with Crippen molar-refractivity contribution in [2.75, 3.05) is 11.3 Å². The molecule has 1 aromatic carbocycles. The van der Waals surface area contributed by atoms with Crippen molar-refractivity contribution in [2.45, 2.75) is 23.1 Å². The quantitative estimate of drug-likeness (QED) is 0.659. The van der Waals surface area contributed by atoms with Crippen LogP contribution in [0, 0.1) is 0 Å². The third-order valence-electron chi connectivity index (χ3n) is 4.59. The number of hydrogen-bond donors (Lipinski definition) is 1. The summed E-state index contributed by atoms with van der Waals surface area (Å²) in [6, 6.07) is 12.1. The number of rotatable bonds is 5. The Morgan fingerprint density at radius 1 is 1.11 bits per heavy atom. The van der Waals surface area contributed by atoms with Crippen molar-refractivity contribution in [1.82, 2.24) is 4.90 Å². The standard InChI is InChI=1S/C19H18N2O3S3/c22-19(21-10-1-3-17(21)15-9-12-25-13-15)14-5-7-16(8-6-14)20-27(23,24)18-4-2-11-26-18/h2,4-9,11-13,17,20H,1,3,10H2. The molecule has 1 atom stereocenters. The minimum absolute atomic E-state index is 0.0173. The predicted octanol–water partition coefficient (Wildman–Crippen LogP) is 4.59. The summed E-state index contributed by atoms with van der Waals surface area (Å²) in [5.74, 6) is -0.0173. The summed E-state index contributed by atoms with van der Waals surface area (Å²) in [4.78, 5) is 14.8. The maximum absolute atomic E-state index is 12.9. The molecule has 1 saturated heterocycles. The number of thiophene rings is 2. The molecule has 1 N–H and O–H groups in total. The summed E-state index contributed by atoms with van der Waals surface area (Å²) < 4.78 is 27.4. The van der Waals surface area contributed by atoms with Crippen molar-refractivity contribution >= 4 is 44.3 Å². The van der Waals surface area contributed by atoms with E-state index in [9.17, 15) is 13.2 Å².